The summed E-state index contributed by atoms with van der Waals surface area (Å²) in [6.07, 6.45) is 0.870. The summed E-state index contributed by atoms with van der Waals surface area (Å²) in [5.74, 6) is 0.444. The summed E-state index contributed by atoms with van der Waals surface area (Å²) in [5.41, 5.74) is 1.70. The van der Waals surface area contributed by atoms with Crippen molar-refractivity contribution in [3.8, 4) is 5.75 Å². The van der Waals surface area contributed by atoms with Gasteiger partial charge in [0.05, 0.1) is 24.1 Å². The Morgan fingerprint density at radius 3 is 2.70 bits per heavy atom. The van der Waals surface area contributed by atoms with Gasteiger partial charge in [0.25, 0.3) is 0 Å². The van der Waals surface area contributed by atoms with E-state index in [-0.39, 0.29) is 24.3 Å². The maximum absolute atomic E-state index is 12.5. The number of methoxy groups -OCH3 is 1. The Labute approximate surface area is 167 Å². The molecule has 2 unspecified atom stereocenters. The Kier molecular flexibility index (Phi) is 6.29. The zero-order valence-electron chi connectivity index (χ0n) is 15.1. The highest BCUT2D eigenvalue weighted by Gasteiger charge is 2.29. The molecule has 1 aliphatic heterocycles. The first-order valence-electron chi connectivity index (χ1n) is 8.70. The van der Waals surface area contributed by atoms with Crippen molar-refractivity contribution < 1.29 is 14.3 Å². The van der Waals surface area contributed by atoms with E-state index in [9.17, 15) is 9.59 Å². The van der Waals surface area contributed by atoms with Gasteiger partial charge < -0.3 is 15.4 Å². The molecule has 0 bridgehead atoms. The molecule has 27 heavy (non-hydrogen) atoms. The van der Waals surface area contributed by atoms with Gasteiger partial charge in [0.15, 0.2) is 0 Å². The fourth-order valence-corrected chi connectivity index (χ4v) is 4.20. The standard InChI is InChI=1S/C20H21ClN2O3S/c1-3-15(12-4-7-14(26-2)8-5-12)22-19(24)11-18-20(25)23-16-10-13(21)6-9-17(16)27-18/h4-10,15,18H,3,11H2,1-2H3,(H,22,24)(H,23,25). The number of hydrogen-bond donors (Lipinski definition) is 2. The predicted molar refractivity (Wildman–Crippen MR) is 109 cm³/mol. The number of hydrogen-bond acceptors (Lipinski definition) is 4. The van der Waals surface area contributed by atoms with Gasteiger partial charge in [0.2, 0.25) is 11.8 Å². The van der Waals surface area contributed by atoms with Crippen molar-refractivity contribution in [1.82, 2.24) is 5.32 Å². The highest BCUT2D eigenvalue weighted by atomic mass is 35.5. The highest BCUT2D eigenvalue weighted by Crippen LogP contribution is 2.38. The Morgan fingerprint density at radius 2 is 2.04 bits per heavy atom. The molecule has 2 atom stereocenters. The van der Waals surface area contributed by atoms with E-state index in [0.29, 0.717) is 10.7 Å². The number of thioether (sulfide) groups is 1. The second-order valence-electron chi connectivity index (χ2n) is 6.24. The first-order chi connectivity index (χ1) is 13.0. The molecule has 0 fully saturated rings. The van der Waals surface area contributed by atoms with E-state index < -0.39 is 5.25 Å². The third-order valence-corrected chi connectivity index (χ3v) is 5.90. The van der Waals surface area contributed by atoms with Crippen LogP contribution in [0.25, 0.3) is 0 Å². The zero-order valence-corrected chi connectivity index (χ0v) is 16.7. The molecule has 0 saturated carbocycles. The van der Waals surface area contributed by atoms with Crippen LogP contribution >= 0.6 is 23.4 Å². The molecule has 2 N–H and O–H groups in total. The molecule has 3 rings (SSSR count). The Balaban J connectivity index is 1.63. The molecule has 0 saturated heterocycles. The number of carbonyl (C=O) groups excluding carboxylic acids is 2. The predicted octanol–water partition coefficient (Wildman–Crippen LogP) is 4.42. The van der Waals surface area contributed by atoms with Crippen LogP contribution in [0.2, 0.25) is 5.02 Å². The first kappa shape index (κ1) is 19.6. The molecule has 2 aromatic carbocycles. The minimum absolute atomic E-state index is 0.105. The van der Waals surface area contributed by atoms with Crippen molar-refractivity contribution in [3.63, 3.8) is 0 Å². The van der Waals surface area contributed by atoms with Crippen molar-refractivity contribution in [2.45, 2.75) is 36.0 Å². The van der Waals surface area contributed by atoms with Crippen molar-refractivity contribution in [3.05, 3.63) is 53.1 Å². The Bertz CT molecular complexity index is 842. The lowest BCUT2D eigenvalue weighted by atomic mass is 10.0. The van der Waals surface area contributed by atoms with Gasteiger partial charge in [-0.1, -0.05) is 30.7 Å². The Morgan fingerprint density at radius 1 is 1.30 bits per heavy atom. The third-order valence-electron chi connectivity index (χ3n) is 4.39. The van der Waals surface area contributed by atoms with Crippen molar-refractivity contribution in [2.75, 3.05) is 12.4 Å². The zero-order chi connectivity index (χ0) is 19.4. The van der Waals surface area contributed by atoms with Gasteiger partial charge in [-0.05, 0) is 42.3 Å². The Hall–Kier alpha value is -2.18. The number of amides is 2. The molecular weight excluding hydrogens is 384 g/mol. The number of ether oxygens (including phenoxy) is 1. The lowest BCUT2D eigenvalue weighted by Gasteiger charge is -2.25. The van der Waals surface area contributed by atoms with E-state index >= 15 is 0 Å². The minimum Gasteiger partial charge on any atom is -0.497 e. The second-order valence-corrected chi connectivity index (χ2v) is 7.92. The molecule has 0 spiro atoms. The molecule has 0 aliphatic carbocycles. The lowest BCUT2D eigenvalue weighted by molar-refractivity contribution is -0.124. The number of rotatable bonds is 6. The number of nitrogens with one attached hydrogen (secondary N) is 2. The van der Waals surface area contributed by atoms with E-state index in [4.69, 9.17) is 16.3 Å². The van der Waals surface area contributed by atoms with Crippen LogP contribution in [0.3, 0.4) is 0 Å². The number of anilines is 1. The van der Waals surface area contributed by atoms with Gasteiger partial charge in [0.1, 0.15) is 5.75 Å². The first-order valence-corrected chi connectivity index (χ1v) is 9.96. The smallest absolute Gasteiger partial charge is 0.238 e. The van der Waals surface area contributed by atoms with Gasteiger partial charge in [-0.25, -0.2) is 0 Å². The second kappa shape index (κ2) is 8.67. The summed E-state index contributed by atoms with van der Waals surface area (Å²) in [6, 6.07) is 12.9. The molecule has 1 heterocycles. The maximum atomic E-state index is 12.5. The van der Waals surface area contributed by atoms with Crippen molar-refractivity contribution in [1.29, 1.82) is 0 Å². The van der Waals surface area contributed by atoms with E-state index in [0.717, 1.165) is 22.6 Å². The average molecular weight is 405 g/mol. The van der Waals surface area contributed by atoms with Gasteiger partial charge >= 0.3 is 0 Å². The van der Waals surface area contributed by atoms with Crippen LogP contribution < -0.4 is 15.4 Å². The highest BCUT2D eigenvalue weighted by molar-refractivity contribution is 8.01. The average Bonchev–Trinajstić information content (AvgIpc) is 2.67. The molecule has 7 heteroatoms. The van der Waals surface area contributed by atoms with Gasteiger partial charge in [-0.15, -0.1) is 11.8 Å². The quantitative estimate of drug-likeness (QED) is 0.747. The third kappa shape index (κ3) is 4.76. The van der Waals surface area contributed by atoms with Crippen LogP contribution in [0.4, 0.5) is 5.69 Å². The maximum Gasteiger partial charge on any atom is 0.238 e. The van der Waals surface area contributed by atoms with E-state index in [1.807, 2.05) is 37.3 Å². The van der Waals surface area contributed by atoms with Crippen LogP contribution in [0.5, 0.6) is 5.75 Å². The number of fused-ring (bicyclic) bond motifs is 1. The van der Waals surface area contributed by atoms with Crippen LogP contribution in [0.15, 0.2) is 47.4 Å². The summed E-state index contributed by atoms with van der Waals surface area (Å²) in [5, 5.41) is 5.96. The minimum atomic E-state index is -0.466. The molecule has 142 valence electrons. The van der Waals surface area contributed by atoms with Crippen LogP contribution in [-0.2, 0) is 9.59 Å². The van der Waals surface area contributed by atoms with Crippen molar-refractivity contribution in [2.24, 2.45) is 0 Å². The number of benzene rings is 2. The van der Waals surface area contributed by atoms with Crippen LogP contribution in [-0.4, -0.2) is 24.2 Å². The SMILES string of the molecule is CCC(NC(=O)CC1Sc2ccc(Cl)cc2NC1=O)c1ccc(OC)cc1. The summed E-state index contributed by atoms with van der Waals surface area (Å²) in [6.45, 7) is 2.01. The topological polar surface area (TPSA) is 67.4 Å². The normalized spacial score (nSPS) is 16.9. The number of halogens is 1. The van der Waals surface area contributed by atoms with E-state index in [1.165, 1.54) is 11.8 Å². The van der Waals surface area contributed by atoms with E-state index in [1.54, 1.807) is 19.2 Å². The monoisotopic (exact) mass is 404 g/mol. The summed E-state index contributed by atoms with van der Waals surface area (Å²) in [7, 11) is 1.62. The van der Waals surface area contributed by atoms with E-state index in [2.05, 4.69) is 10.6 Å². The largest absolute Gasteiger partial charge is 0.497 e. The van der Waals surface area contributed by atoms with Crippen LogP contribution in [0.1, 0.15) is 31.4 Å². The summed E-state index contributed by atoms with van der Waals surface area (Å²) in [4.78, 5) is 25.8. The fourth-order valence-electron chi connectivity index (χ4n) is 2.94. The van der Waals surface area contributed by atoms with Crippen molar-refractivity contribution >= 4 is 40.9 Å². The molecular formula is C20H21ClN2O3S. The summed E-state index contributed by atoms with van der Waals surface area (Å²) < 4.78 is 5.17. The molecule has 2 amide bonds. The molecule has 0 radical (unpaired) electrons. The molecule has 0 aromatic heterocycles. The lowest BCUT2D eigenvalue weighted by Crippen LogP contribution is -2.36. The number of carbonyl (C=O) groups is 2. The molecule has 5 nitrogen and oxygen atoms in total. The van der Waals surface area contributed by atoms with Gasteiger partial charge in [0, 0.05) is 16.3 Å². The molecule has 1 aliphatic rings. The molecule has 2 aromatic rings. The van der Waals surface area contributed by atoms with Gasteiger partial charge in [-0.3, -0.25) is 9.59 Å². The fraction of sp³-hybridized carbons (Fsp3) is 0.300. The van der Waals surface area contributed by atoms with Gasteiger partial charge in [-0.2, -0.15) is 0 Å². The summed E-state index contributed by atoms with van der Waals surface area (Å²) >= 11 is 7.35. The van der Waals surface area contributed by atoms with Crippen LogP contribution in [0, 0.1) is 0 Å².